The van der Waals surface area contributed by atoms with E-state index < -0.39 is 0 Å². The van der Waals surface area contributed by atoms with Crippen LogP contribution in [-0.2, 0) is 16.1 Å². The number of carbonyl (C=O) groups excluding carboxylic acids is 1. The molecule has 2 aromatic rings. The minimum Gasteiger partial charge on any atom is -0.488 e. The van der Waals surface area contributed by atoms with Crippen molar-refractivity contribution in [2.75, 3.05) is 18.5 Å². The molecular formula is C17H18ClN3O3. The maximum atomic E-state index is 12.3. The molecule has 1 aliphatic heterocycles. The lowest BCUT2D eigenvalue weighted by atomic mass is 10.1. The normalized spacial score (nSPS) is 14.0. The van der Waals surface area contributed by atoms with Gasteiger partial charge in [0.1, 0.15) is 5.82 Å². The maximum Gasteiger partial charge on any atom is 0.291 e. The molecule has 2 N–H and O–H groups in total. The van der Waals surface area contributed by atoms with Crippen molar-refractivity contribution in [3.05, 3.63) is 47.2 Å². The van der Waals surface area contributed by atoms with Crippen molar-refractivity contribution in [3.8, 4) is 11.3 Å². The first-order chi connectivity index (χ1) is 11.7. The van der Waals surface area contributed by atoms with E-state index >= 15 is 0 Å². The van der Waals surface area contributed by atoms with E-state index in [-0.39, 0.29) is 19.1 Å². The summed E-state index contributed by atoms with van der Waals surface area (Å²) >= 11 is 5.90. The fourth-order valence-electron chi connectivity index (χ4n) is 2.44. The number of benzene rings is 1. The molecule has 7 heteroatoms. The SMILES string of the molecule is O=C(Nc1cc(-c2ccc(Cl)cc2)nn1CCO)C1=CCCCO1. The smallest absolute Gasteiger partial charge is 0.291 e. The largest absolute Gasteiger partial charge is 0.488 e. The zero-order valence-corrected chi connectivity index (χ0v) is 13.8. The molecule has 0 radical (unpaired) electrons. The fraction of sp³-hybridized carbons (Fsp3) is 0.294. The van der Waals surface area contributed by atoms with Crippen LogP contribution in [0.5, 0.6) is 0 Å². The van der Waals surface area contributed by atoms with E-state index in [9.17, 15) is 9.90 Å². The van der Waals surface area contributed by atoms with Crippen molar-refractivity contribution in [1.82, 2.24) is 9.78 Å². The molecule has 1 aliphatic rings. The molecule has 0 saturated heterocycles. The van der Waals surface area contributed by atoms with E-state index in [1.807, 2.05) is 12.1 Å². The number of amides is 1. The van der Waals surface area contributed by atoms with Gasteiger partial charge in [-0.05, 0) is 31.1 Å². The van der Waals surface area contributed by atoms with E-state index in [4.69, 9.17) is 16.3 Å². The molecule has 0 bridgehead atoms. The first-order valence-corrected chi connectivity index (χ1v) is 8.14. The van der Waals surface area contributed by atoms with Crippen LogP contribution >= 0.6 is 11.6 Å². The Kier molecular flexibility index (Phi) is 5.17. The predicted octanol–water partition coefficient (Wildman–Crippen LogP) is 2.83. The number of nitrogens with one attached hydrogen (secondary N) is 1. The van der Waals surface area contributed by atoms with Crippen LogP contribution in [0.15, 0.2) is 42.2 Å². The highest BCUT2D eigenvalue weighted by atomic mass is 35.5. The topological polar surface area (TPSA) is 76.4 Å². The van der Waals surface area contributed by atoms with Gasteiger partial charge in [0, 0.05) is 16.7 Å². The Morgan fingerprint density at radius 1 is 1.38 bits per heavy atom. The Bertz CT molecular complexity index is 753. The Hall–Kier alpha value is -2.31. The minimum absolute atomic E-state index is 0.0796. The highest BCUT2D eigenvalue weighted by Crippen LogP contribution is 2.24. The molecule has 2 heterocycles. The standard InChI is InChI=1S/C17H18ClN3O3/c18-13-6-4-12(5-7-13)14-11-16(21(20-14)8-9-22)19-17(23)15-3-1-2-10-24-15/h3-7,11,22H,1-2,8-10H2,(H,19,23). The van der Waals surface area contributed by atoms with E-state index in [1.165, 1.54) is 0 Å². The molecule has 1 amide bonds. The lowest BCUT2D eigenvalue weighted by molar-refractivity contribution is -0.116. The number of anilines is 1. The Morgan fingerprint density at radius 2 is 2.17 bits per heavy atom. The van der Waals surface area contributed by atoms with Crippen molar-refractivity contribution in [1.29, 1.82) is 0 Å². The number of ether oxygens (including phenoxy) is 1. The first kappa shape index (κ1) is 16.5. The summed E-state index contributed by atoms with van der Waals surface area (Å²) in [5.41, 5.74) is 1.56. The van der Waals surface area contributed by atoms with Gasteiger partial charge >= 0.3 is 0 Å². The summed E-state index contributed by atoms with van der Waals surface area (Å²) < 4.78 is 6.93. The Balaban J connectivity index is 1.84. The van der Waals surface area contributed by atoms with Crippen LogP contribution in [0.2, 0.25) is 5.02 Å². The van der Waals surface area contributed by atoms with Crippen LogP contribution in [0, 0.1) is 0 Å². The number of aliphatic hydroxyl groups excluding tert-OH is 1. The molecular weight excluding hydrogens is 330 g/mol. The van der Waals surface area contributed by atoms with Gasteiger partial charge in [-0.3, -0.25) is 4.79 Å². The first-order valence-electron chi connectivity index (χ1n) is 7.76. The monoisotopic (exact) mass is 347 g/mol. The Morgan fingerprint density at radius 3 is 2.83 bits per heavy atom. The second-order valence-corrected chi connectivity index (χ2v) is 5.82. The molecule has 3 rings (SSSR count). The summed E-state index contributed by atoms with van der Waals surface area (Å²) in [6.45, 7) is 0.748. The van der Waals surface area contributed by atoms with Crippen LogP contribution in [-0.4, -0.2) is 34.0 Å². The maximum absolute atomic E-state index is 12.3. The number of carbonyl (C=O) groups is 1. The highest BCUT2D eigenvalue weighted by Gasteiger charge is 2.17. The van der Waals surface area contributed by atoms with Crippen molar-refractivity contribution >= 4 is 23.3 Å². The van der Waals surface area contributed by atoms with Gasteiger partial charge in [0.15, 0.2) is 5.76 Å². The zero-order chi connectivity index (χ0) is 16.9. The molecule has 24 heavy (non-hydrogen) atoms. The molecule has 0 aliphatic carbocycles. The van der Waals surface area contributed by atoms with Gasteiger partial charge in [-0.15, -0.1) is 0 Å². The van der Waals surface area contributed by atoms with E-state index in [0.717, 1.165) is 18.4 Å². The molecule has 1 aromatic carbocycles. The van der Waals surface area contributed by atoms with E-state index in [0.29, 0.717) is 28.9 Å². The molecule has 0 fully saturated rings. The van der Waals surface area contributed by atoms with Gasteiger partial charge in [0.2, 0.25) is 0 Å². The summed E-state index contributed by atoms with van der Waals surface area (Å²) in [6.07, 6.45) is 3.53. The average Bonchev–Trinajstić information content (AvgIpc) is 2.99. The van der Waals surface area contributed by atoms with Crippen LogP contribution in [0.3, 0.4) is 0 Å². The van der Waals surface area contributed by atoms with Crippen molar-refractivity contribution in [2.45, 2.75) is 19.4 Å². The third kappa shape index (κ3) is 3.77. The number of nitrogens with zero attached hydrogens (tertiary/aromatic N) is 2. The van der Waals surface area contributed by atoms with E-state index in [1.54, 1.807) is 29.0 Å². The summed E-state index contributed by atoms with van der Waals surface area (Å²) in [6, 6.07) is 9.03. The third-order valence-electron chi connectivity index (χ3n) is 3.63. The van der Waals surface area contributed by atoms with Gasteiger partial charge in [-0.25, -0.2) is 4.68 Å². The van der Waals surface area contributed by atoms with Crippen molar-refractivity contribution in [3.63, 3.8) is 0 Å². The second kappa shape index (κ2) is 7.51. The number of halogens is 1. The number of aromatic nitrogens is 2. The Labute approximate surface area is 144 Å². The molecule has 0 unspecified atom stereocenters. The quantitative estimate of drug-likeness (QED) is 0.872. The number of aliphatic hydroxyl groups is 1. The van der Waals surface area contributed by atoms with E-state index in [2.05, 4.69) is 10.4 Å². The average molecular weight is 348 g/mol. The minimum atomic E-state index is -0.309. The predicted molar refractivity (Wildman–Crippen MR) is 91.7 cm³/mol. The van der Waals surface area contributed by atoms with Crippen LogP contribution in [0.1, 0.15) is 12.8 Å². The lowest BCUT2D eigenvalue weighted by Gasteiger charge is -2.14. The van der Waals surface area contributed by atoms with Gasteiger partial charge in [0.05, 0.1) is 25.5 Å². The zero-order valence-electron chi connectivity index (χ0n) is 13.0. The summed E-state index contributed by atoms with van der Waals surface area (Å²) in [5.74, 6) is 0.525. The van der Waals surface area contributed by atoms with Gasteiger partial charge < -0.3 is 15.2 Å². The summed E-state index contributed by atoms with van der Waals surface area (Å²) in [4.78, 5) is 12.3. The molecule has 126 valence electrons. The molecule has 0 saturated carbocycles. The number of rotatable bonds is 5. The van der Waals surface area contributed by atoms with Crippen LogP contribution in [0.4, 0.5) is 5.82 Å². The molecule has 0 spiro atoms. The highest BCUT2D eigenvalue weighted by molar-refractivity contribution is 6.30. The van der Waals surface area contributed by atoms with Gasteiger partial charge in [-0.1, -0.05) is 23.7 Å². The number of hydrogen-bond acceptors (Lipinski definition) is 4. The van der Waals surface area contributed by atoms with Gasteiger partial charge in [0.25, 0.3) is 5.91 Å². The summed E-state index contributed by atoms with van der Waals surface area (Å²) in [5, 5.41) is 17.1. The third-order valence-corrected chi connectivity index (χ3v) is 3.88. The number of allylic oxidation sites excluding steroid dienone is 1. The van der Waals surface area contributed by atoms with Crippen LogP contribution < -0.4 is 5.32 Å². The number of hydrogen-bond donors (Lipinski definition) is 2. The molecule has 1 aromatic heterocycles. The second-order valence-electron chi connectivity index (χ2n) is 5.38. The molecule has 6 nitrogen and oxygen atoms in total. The van der Waals surface area contributed by atoms with Crippen molar-refractivity contribution < 1.29 is 14.6 Å². The lowest BCUT2D eigenvalue weighted by Crippen LogP contribution is -2.21. The van der Waals surface area contributed by atoms with Crippen molar-refractivity contribution in [2.24, 2.45) is 0 Å². The van der Waals surface area contributed by atoms with Crippen LogP contribution in [0.25, 0.3) is 11.3 Å². The summed E-state index contributed by atoms with van der Waals surface area (Å²) in [7, 11) is 0. The fourth-order valence-corrected chi connectivity index (χ4v) is 2.56. The van der Waals surface area contributed by atoms with Gasteiger partial charge in [-0.2, -0.15) is 5.10 Å². The molecule has 0 atom stereocenters.